The molecule has 6 N–H and O–H groups in total. The van der Waals surface area contributed by atoms with Crippen LogP contribution in [-0.4, -0.2) is 47.8 Å². The Labute approximate surface area is 258 Å². The van der Waals surface area contributed by atoms with Gasteiger partial charge in [-0.15, -0.1) is 0 Å². The minimum absolute atomic E-state index is 0.226. The van der Waals surface area contributed by atoms with E-state index in [4.69, 9.17) is 16.6 Å². The lowest BCUT2D eigenvalue weighted by atomic mass is 9.90. The molecule has 1 aliphatic heterocycles. The van der Waals surface area contributed by atoms with Gasteiger partial charge in [0, 0.05) is 18.5 Å². The van der Waals surface area contributed by atoms with Crippen molar-refractivity contribution in [1.29, 1.82) is 0 Å². The lowest BCUT2D eigenvalue weighted by molar-refractivity contribution is -0.185. The van der Waals surface area contributed by atoms with Crippen LogP contribution in [0.2, 0.25) is 0 Å². The highest BCUT2D eigenvalue weighted by Gasteiger charge is 2.44. The summed E-state index contributed by atoms with van der Waals surface area (Å²) in [6, 6.07) is 11.5. The summed E-state index contributed by atoms with van der Waals surface area (Å²) in [5.41, 5.74) is 12.2. The summed E-state index contributed by atoms with van der Waals surface area (Å²) in [6.07, 6.45) is 13.2. The number of hydrogen-bond donors (Lipinski definition) is 4. The Morgan fingerprint density at radius 1 is 1.11 bits per heavy atom. The Morgan fingerprint density at radius 3 is 2.52 bits per heavy atom. The number of hydrazone groups is 1. The summed E-state index contributed by atoms with van der Waals surface area (Å²) in [7, 11) is 0. The number of aromatic carboxylic acids is 1. The van der Waals surface area contributed by atoms with Crippen molar-refractivity contribution in [2.75, 3.05) is 0 Å². The molecule has 0 fully saturated rings. The van der Waals surface area contributed by atoms with Gasteiger partial charge in [-0.25, -0.2) is 9.78 Å². The molecule has 3 aromatic rings. The Hall–Kier alpha value is -4.47. The number of carbonyl (C=O) groups is 1. The maximum atomic E-state index is 12.7. The Balaban J connectivity index is 1.55. The van der Waals surface area contributed by atoms with Crippen molar-refractivity contribution in [3.63, 3.8) is 0 Å². The average molecular weight is 595 g/mol. The number of fused-ring (bicyclic) bond motifs is 1. The minimum atomic E-state index is -0.992. The Bertz CT molecular complexity index is 1770. The van der Waals surface area contributed by atoms with Crippen molar-refractivity contribution >= 4 is 28.4 Å². The van der Waals surface area contributed by atoms with E-state index in [1.165, 1.54) is 5.06 Å². The first-order valence-corrected chi connectivity index (χ1v) is 15.0. The predicted octanol–water partition coefficient (Wildman–Crippen LogP) is 5.97. The van der Waals surface area contributed by atoms with Crippen LogP contribution in [0.3, 0.4) is 0 Å². The second-order valence-electron chi connectivity index (χ2n) is 12.7. The average Bonchev–Trinajstić information content (AvgIpc) is 3.24. The van der Waals surface area contributed by atoms with Crippen molar-refractivity contribution in [1.82, 2.24) is 14.6 Å². The van der Waals surface area contributed by atoms with E-state index in [0.717, 1.165) is 52.1 Å². The number of carboxylic acid groups (broad SMARTS) is 1. The number of carboxylic acids is 1. The van der Waals surface area contributed by atoms with Crippen molar-refractivity contribution in [2.45, 2.75) is 77.9 Å². The molecule has 0 atom stereocenters. The smallest absolute Gasteiger partial charge is 0.337 e. The number of amidine groups is 1. The fourth-order valence-electron chi connectivity index (χ4n) is 6.44. The highest BCUT2D eigenvalue weighted by molar-refractivity contribution is 6.02. The number of aromatic nitrogens is 2. The number of hydroxylamine groups is 2. The van der Waals surface area contributed by atoms with Crippen LogP contribution in [0.25, 0.3) is 16.6 Å². The van der Waals surface area contributed by atoms with Crippen LogP contribution in [0, 0.1) is 0 Å². The van der Waals surface area contributed by atoms with Gasteiger partial charge in [-0.3, -0.25) is 0 Å². The molecule has 0 amide bonds. The van der Waals surface area contributed by atoms with E-state index < -0.39 is 17.0 Å². The molecule has 0 saturated heterocycles. The second-order valence-corrected chi connectivity index (χ2v) is 12.7. The van der Waals surface area contributed by atoms with Crippen LogP contribution in [0.15, 0.2) is 83.0 Å². The van der Waals surface area contributed by atoms with E-state index in [2.05, 4.69) is 42.4 Å². The molecule has 0 bridgehead atoms. The quantitative estimate of drug-likeness (QED) is 0.0786. The first-order valence-electron chi connectivity index (χ1n) is 15.0. The number of allylic oxidation sites excluding steroid dienone is 6. The van der Waals surface area contributed by atoms with E-state index in [9.17, 15) is 15.1 Å². The van der Waals surface area contributed by atoms with E-state index in [1.807, 2.05) is 62.6 Å². The number of hydrogen-bond acceptors (Lipinski definition) is 6. The molecule has 9 nitrogen and oxygen atoms in total. The van der Waals surface area contributed by atoms with Gasteiger partial charge in [-0.2, -0.15) is 10.2 Å². The van der Waals surface area contributed by atoms with E-state index in [1.54, 1.807) is 6.07 Å². The molecule has 44 heavy (non-hydrogen) atoms. The zero-order chi connectivity index (χ0) is 31.8. The molecular formula is C35H42N6O3. The number of aryl methyl sites for hydroxylation is 1. The van der Waals surface area contributed by atoms with Crippen LogP contribution in [0.4, 0.5) is 0 Å². The van der Waals surface area contributed by atoms with Gasteiger partial charge in [0.25, 0.3) is 0 Å². The summed E-state index contributed by atoms with van der Waals surface area (Å²) in [6.45, 7) is 10.5. The molecule has 2 aromatic carbocycles. The molecule has 0 unspecified atom stereocenters. The van der Waals surface area contributed by atoms with Gasteiger partial charge in [0.15, 0.2) is 5.84 Å². The number of nitrogens with two attached hydrogens (primary N) is 2. The molecular weight excluding hydrogens is 552 g/mol. The zero-order valence-corrected chi connectivity index (χ0v) is 26.1. The predicted molar refractivity (Wildman–Crippen MR) is 175 cm³/mol. The number of benzene rings is 2. The topological polar surface area (TPSA) is 143 Å². The SMILES string of the molecule is CCCc1nc2cc(CC3=CC(C)(C)N(O)C3(C)C)cc(C(=O)O)c2n1CC1=CC=C(c2ccccc2/C(N)=N/N)CC=C1. The molecule has 1 aliphatic carbocycles. The summed E-state index contributed by atoms with van der Waals surface area (Å²) in [4.78, 5) is 17.7. The van der Waals surface area contributed by atoms with E-state index in [0.29, 0.717) is 30.4 Å². The van der Waals surface area contributed by atoms with Crippen molar-refractivity contribution in [3.05, 3.63) is 106 Å². The lowest BCUT2D eigenvalue weighted by Gasteiger charge is -2.36. The molecule has 0 spiro atoms. The number of rotatable bonds is 9. The van der Waals surface area contributed by atoms with Crippen molar-refractivity contribution < 1.29 is 15.1 Å². The van der Waals surface area contributed by atoms with Crippen LogP contribution in [0.5, 0.6) is 0 Å². The normalized spacial score (nSPS) is 18.2. The molecule has 0 saturated carbocycles. The maximum absolute atomic E-state index is 12.7. The third-order valence-electron chi connectivity index (χ3n) is 8.66. The molecule has 0 radical (unpaired) electrons. The van der Waals surface area contributed by atoms with Crippen molar-refractivity contribution in [2.24, 2.45) is 16.7 Å². The fourth-order valence-corrected chi connectivity index (χ4v) is 6.44. The third kappa shape index (κ3) is 5.73. The monoisotopic (exact) mass is 594 g/mol. The van der Waals surface area contributed by atoms with E-state index in [-0.39, 0.29) is 11.4 Å². The highest BCUT2D eigenvalue weighted by Crippen LogP contribution is 2.40. The summed E-state index contributed by atoms with van der Waals surface area (Å²) in [5, 5.41) is 26.2. The summed E-state index contributed by atoms with van der Waals surface area (Å²) < 4.78 is 2.05. The first kappa shape index (κ1) is 31.0. The zero-order valence-electron chi connectivity index (χ0n) is 26.1. The standard InChI is InChI=1S/C35H42N6O3/c1-6-10-30-38-29-19-23(17-25-20-34(2,3)41(44)35(25,4)5)18-28(33(42)43)31(29)40(30)21-22-11-9-12-24(16-15-22)26-13-7-8-14-27(26)32(36)39-37/h7-9,11,13-16,18-20,44H,6,10,12,17,21,37H2,1-5H3,(H2,36,39)(H,42,43). The molecule has 9 heteroatoms. The number of nitrogens with zero attached hydrogens (tertiary/aromatic N) is 4. The maximum Gasteiger partial charge on any atom is 0.337 e. The Morgan fingerprint density at radius 2 is 1.86 bits per heavy atom. The van der Waals surface area contributed by atoms with Gasteiger partial charge in [-0.1, -0.05) is 61.6 Å². The van der Waals surface area contributed by atoms with Gasteiger partial charge in [-0.05, 0) is 86.9 Å². The van der Waals surface area contributed by atoms with Gasteiger partial charge in [0.1, 0.15) is 5.82 Å². The molecule has 5 rings (SSSR count). The number of imidazole rings is 1. The lowest BCUT2D eigenvalue weighted by Crippen LogP contribution is -2.48. The molecule has 1 aromatic heterocycles. The fraction of sp³-hybridized carbons (Fsp3) is 0.343. The van der Waals surface area contributed by atoms with Crippen molar-refractivity contribution in [3.8, 4) is 0 Å². The molecule has 2 heterocycles. The molecule has 2 aliphatic rings. The highest BCUT2D eigenvalue weighted by atomic mass is 16.5. The first-order chi connectivity index (χ1) is 20.9. The van der Waals surface area contributed by atoms with Crippen LogP contribution >= 0.6 is 0 Å². The van der Waals surface area contributed by atoms with Crippen LogP contribution in [0.1, 0.15) is 80.3 Å². The van der Waals surface area contributed by atoms with Gasteiger partial charge in [0.05, 0.1) is 27.7 Å². The van der Waals surface area contributed by atoms with E-state index >= 15 is 0 Å². The van der Waals surface area contributed by atoms with Crippen LogP contribution < -0.4 is 11.6 Å². The largest absolute Gasteiger partial charge is 0.478 e. The second kappa shape index (κ2) is 11.9. The minimum Gasteiger partial charge on any atom is -0.478 e. The van der Waals surface area contributed by atoms with Gasteiger partial charge >= 0.3 is 5.97 Å². The third-order valence-corrected chi connectivity index (χ3v) is 8.66. The molecule has 230 valence electrons. The van der Waals surface area contributed by atoms with Gasteiger partial charge in [0.2, 0.25) is 0 Å². The van der Waals surface area contributed by atoms with Gasteiger partial charge < -0.3 is 26.5 Å². The Kier molecular flexibility index (Phi) is 8.38. The summed E-state index contributed by atoms with van der Waals surface area (Å²) in [5.74, 6) is 5.62. The summed E-state index contributed by atoms with van der Waals surface area (Å²) >= 11 is 0. The van der Waals surface area contributed by atoms with Crippen LogP contribution in [-0.2, 0) is 19.4 Å².